The Bertz CT molecular complexity index is 874. The first kappa shape index (κ1) is 16.8. The van der Waals surface area contributed by atoms with Crippen LogP contribution in [0.15, 0.2) is 48.8 Å². The normalized spacial score (nSPS) is 10.7. The van der Waals surface area contributed by atoms with Gasteiger partial charge in [-0.15, -0.1) is 0 Å². The van der Waals surface area contributed by atoms with Gasteiger partial charge in [0.25, 0.3) is 0 Å². The lowest BCUT2D eigenvalue weighted by Gasteiger charge is -2.08. The number of rotatable bonds is 5. The maximum absolute atomic E-state index is 13.3. The Morgan fingerprint density at radius 3 is 2.44 bits per heavy atom. The Morgan fingerprint density at radius 1 is 1.12 bits per heavy atom. The van der Waals surface area contributed by atoms with E-state index in [1.165, 1.54) is 12.1 Å². The topological polar surface area (TPSA) is 57.0 Å². The smallest absolute Gasteiger partial charge is 0.311 e. The third-order valence-electron chi connectivity index (χ3n) is 3.82. The number of esters is 1. The number of hydrogen-bond donors (Lipinski definition) is 0. The highest BCUT2D eigenvalue weighted by Crippen LogP contribution is 2.35. The molecule has 1 aromatic carbocycles. The van der Waals surface area contributed by atoms with Crippen molar-refractivity contribution in [3.63, 3.8) is 0 Å². The van der Waals surface area contributed by atoms with Crippen LogP contribution in [0.3, 0.4) is 0 Å². The van der Waals surface area contributed by atoms with E-state index in [1.807, 2.05) is 12.1 Å². The maximum atomic E-state index is 13.3. The zero-order chi connectivity index (χ0) is 17.8. The lowest BCUT2D eigenvalue weighted by molar-refractivity contribution is -0.142. The van der Waals surface area contributed by atoms with Crippen LogP contribution in [0.4, 0.5) is 4.39 Å². The minimum Gasteiger partial charge on any atom is -0.466 e. The molecule has 0 saturated heterocycles. The predicted octanol–water partition coefficient (Wildman–Crippen LogP) is 3.39. The Hall–Kier alpha value is -3.02. The van der Waals surface area contributed by atoms with Gasteiger partial charge in [-0.2, -0.15) is 5.10 Å². The number of carbonyl (C=O) groups excluding carboxylic acids is 1. The summed E-state index contributed by atoms with van der Waals surface area (Å²) in [6.07, 6.45) is 3.44. The van der Waals surface area contributed by atoms with Gasteiger partial charge in [0.05, 0.1) is 24.4 Å². The summed E-state index contributed by atoms with van der Waals surface area (Å²) in [5.74, 6) is -0.635. The van der Waals surface area contributed by atoms with Crippen LogP contribution in [0.25, 0.3) is 22.4 Å². The van der Waals surface area contributed by atoms with E-state index in [0.29, 0.717) is 12.3 Å². The van der Waals surface area contributed by atoms with E-state index in [0.717, 1.165) is 22.4 Å². The molecule has 0 amide bonds. The molecule has 0 N–H and O–H groups in total. The number of benzene rings is 1. The fraction of sp³-hybridized carbons (Fsp3) is 0.211. The second kappa shape index (κ2) is 7.25. The van der Waals surface area contributed by atoms with E-state index in [-0.39, 0.29) is 18.2 Å². The van der Waals surface area contributed by atoms with E-state index in [4.69, 9.17) is 4.74 Å². The number of carbonyl (C=O) groups is 1. The maximum Gasteiger partial charge on any atom is 0.311 e. The lowest BCUT2D eigenvalue weighted by atomic mass is 9.98. The molecule has 2 heterocycles. The van der Waals surface area contributed by atoms with E-state index in [2.05, 4.69) is 10.1 Å². The Balaban J connectivity index is 2.15. The number of aromatic nitrogens is 3. The van der Waals surface area contributed by atoms with Crippen molar-refractivity contribution >= 4 is 5.97 Å². The summed E-state index contributed by atoms with van der Waals surface area (Å²) in [4.78, 5) is 16.0. The van der Waals surface area contributed by atoms with Crippen molar-refractivity contribution < 1.29 is 13.9 Å². The average molecular weight is 339 g/mol. The van der Waals surface area contributed by atoms with Crippen LogP contribution in [0.1, 0.15) is 12.6 Å². The number of halogens is 1. The first-order valence-corrected chi connectivity index (χ1v) is 7.98. The van der Waals surface area contributed by atoms with Crippen molar-refractivity contribution in [1.82, 2.24) is 14.8 Å². The molecule has 0 aliphatic heterocycles. The van der Waals surface area contributed by atoms with Crippen molar-refractivity contribution in [2.75, 3.05) is 6.61 Å². The molecule has 0 fully saturated rings. The molecule has 3 rings (SSSR count). The van der Waals surface area contributed by atoms with Crippen molar-refractivity contribution in [2.24, 2.45) is 7.05 Å². The van der Waals surface area contributed by atoms with Gasteiger partial charge in [-0.25, -0.2) is 4.39 Å². The molecular weight excluding hydrogens is 321 g/mol. The van der Waals surface area contributed by atoms with Crippen molar-refractivity contribution in [2.45, 2.75) is 13.3 Å². The molecule has 0 unspecified atom stereocenters. The summed E-state index contributed by atoms with van der Waals surface area (Å²) in [6.45, 7) is 2.09. The minimum absolute atomic E-state index is 0.0700. The SMILES string of the molecule is CCOC(=O)Cc1nn(C)c(-c2ccc(F)cc2)c1-c1ccncc1. The van der Waals surface area contributed by atoms with Gasteiger partial charge in [0.2, 0.25) is 0 Å². The van der Waals surface area contributed by atoms with E-state index < -0.39 is 0 Å². The molecule has 0 radical (unpaired) electrons. The largest absolute Gasteiger partial charge is 0.466 e. The van der Waals surface area contributed by atoms with Gasteiger partial charge in [0, 0.05) is 30.6 Å². The molecule has 0 atom stereocenters. The van der Waals surface area contributed by atoms with Crippen molar-refractivity contribution in [3.05, 3.63) is 60.3 Å². The highest BCUT2D eigenvalue weighted by Gasteiger charge is 2.21. The van der Waals surface area contributed by atoms with Crippen LogP contribution in [0, 0.1) is 5.82 Å². The molecule has 0 aliphatic carbocycles. The molecule has 6 heteroatoms. The van der Waals surface area contributed by atoms with Gasteiger partial charge in [-0.1, -0.05) is 0 Å². The molecule has 0 bridgehead atoms. The van der Waals surface area contributed by atoms with Gasteiger partial charge in [-0.3, -0.25) is 14.5 Å². The Kier molecular flexibility index (Phi) is 4.88. The molecule has 3 aromatic rings. The monoisotopic (exact) mass is 339 g/mol. The van der Waals surface area contributed by atoms with Crippen LogP contribution in [0.5, 0.6) is 0 Å². The van der Waals surface area contributed by atoms with Crippen LogP contribution < -0.4 is 0 Å². The first-order valence-electron chi connectivity index (χ1n) is 7.98. The van der Waals surface area contributed by atoms with Crippen molar-refractivity contribution in [1.29, 1.82) is 0 Å². The fourth-order valence-electron chi connectivity index (χ4n) is 2.81. The quantitative estimate of drug-likeness (QED) is 0.669. The molecule has 128 valence electrons. The van der Waals surface area contributed by atoms with Crippen molar-refractivity contribution in [3.8, 4) is 22.4 Å². The number of nitrogens with zero attached hydrogens (tertiary/aromatic N) is 3. The average Bonchev–Trinajstić information content (AvgIpc) is 2.92. The molecule has 0 aliphatic rings. The van der Waals surface area contributed by atoms with Gasteiger partial charge in [0.15, 0.2) is 0 Å². The van der Waals surface area contributed by atoms with Crippen LogP contribution in [-0.2, 0) is 23.0 Å². The lowest BCUT2D eigenvalue weighted by Crippen LogP contribution is -2.09. The molecular formula is C19H18FN3O2. The molecule has 0 saturated carbocycles. The third-order valence-corrected chi connectivity index (χ3v) is 3.82. The highest BCUT2D eigenvalue weighted by atomic mass is 19.1. The molecule has 2 aromatic heterocycles. The van der Waals surface area contributed by atoms with Gasteiger partial charge >= 0.3 is 5.97 Å². The number of pyridine rings is 1. The summed E-state index contributed by atoms with van der Waals surface area (Å²) < 4.78 is 20.1. The predicted molar refractivity (Wildman–Crippen MR) is 92.2 cm³/mol. The zero-order valence-electron chi connectivity index (χ0n) is 14.1. The van der Waals surface area contributed by atoms with E-state index >= 15 is 0 Å². The second-order valence-corrected chi connectivity index (χ2v) is 5.52. The standard InChI is InChI=1S/C19H18FN3O2/c1-3-25-17(24)12-16-18(13-8-10-21-11-9-13)19(23(2)22-16)14-4-6-15(20)7-5-14/h4-11H,3,12H2,1-2H3. The summed E-state index contributed by atoms with van der Waals surface area (Å²) >= 11 is 0. The molecule has 5 nitrogen and oxygen atoms in total. The summed E-state index contributed by atoms with van der Waals surface area (Å²) in [5.41, 5.74) is 3.96. The summed E-state index contributed by atoms with van der Waals surface area (Å²) in [6, 6.07) is 9.93. The summed E-state index contributed by atoms with van der Waals surface area (Å²) in [7, 11) is 1.80. The van der Waals surface area contributed by atoms with Crippen LogP contribution >= 0.6 is 0 Å². The van der Waals surface area contributed by atoms with Gasteiger partial charge in [0.1, 0.15) is 5.82 Å². The van der Waals surface area contributed by atoms with Gasteiger partial charge in [-0.05, 0) is 48.9 Å². The first-order chi connectivity index (χ1) is 12.1. The third kappa shape index (κ3) is 3.57. The van der Waals surface area contributed by atoms with E-state index in [1.54, 1.807) is 43.2 Å². The number of hydrogen-bond acceptors (Lipinski definition) is 4. The van der Waals surface area contributed by atoms with Gasteiger partial charge < -0.3 is 4.74 Å². The van der Waals surface area contributed by atoms with Crippen LogP contribution in [0.2, 0.25) is 0 Å². The minimum atomic E-state index is -0.332. The highest BCUT2D eigenvalue weighted by molar-refractivity contribution is 5.86. The second-order valence-electron chi connectivity index (χ2n) is 5.52. The fourth-order valence-corrected chi connectivity index (χ4v) is 2.81. The summed E-state index contributed by atoms with van der Waals surface area (Å²) in [5, 5.41) is 4.51. The van der Waals surface area contributed by atoms with Crippen LogP contribution in [-0.4, -0.2) is 27.3 Å². The number of ether oxygens (including phenoxy) is 1. The zero-order valence-corrected chi connectivity index (χ0v) is 14.1. The molecule has 25 heavy (non-hydrogen) atoms. The Morgan fingerprint density at radius 2 is 1.80 bits per heavy atom. The Labute approximate surface area is 145 Å². The number of aryl methyl sites for hydroxylation is 1. The molecule has 0 spiro atoms. The van der Waals surface area contributed by atoms with E-state index in [9.17, 15) is 9.18 Å².